The van der Waals surface area contributed by atoms with Crippen LogP contribution in [-0.4, -0.2) is 50.1 Å². The first kappa shape index (κ1) is 15.2. The van der Waals surface area contributed by atoms with Crippen LogP contribution in [0.25, 0.3) is 0 Å². The van der Waals surface area contributed by atoms with Crippen molar-refractivity contribution in [3.63, 3.8) is 0 Å². The summed E-state index contributed by atoms with van der Waals surface area (Å²) in [5.41, 5.74) is 5.36. The zero-order valence-corrected chi connectivity index (χ0v) is 12.2. The van der Waals surface area contributed by atoms with Crippen LogP contribution in [-0.2, 0) is 14.4 Å². The maximum atomic E-state index is 11.9. The molecule has 0 aromatic heterocycles. The second kappa shape index (κ2) is 5.66. The fraction of sp³-hybridized carbons (Fsp3) is 0.545. The van der Waals surface area contributed by atoms with Gasteiger partial charge in [-0.25, -0.2) is 4.79 Å². The van der Waals surface area contributed by atoms with Crippen LogP contribution in [0.15, 0.2) is 9.93 Å². The second-order valence-electron chi connectivity index (χ2n) is 4.43. The predicted molar refractivity (Wildman–Crippen MR) is 74.7 cm³/mol. The fourth-order valence-electron chi connectivity index (χ4n) is 2.07. The topological polar surface area (TPSA) is 121 Å². The predicted octanol–water partition coefficient (Wildman–Crippen LogP) is 0.327. The normalized spacial score (nSPS) is 26.3. The highest BCUT2D eigenvalue weighted by Crippen LogP contribution is 2.53. The summed E-state index contributed by atoms with van der Waals surface area (Å²) >= 11 is 2.39. The summed E-state index contributed by atoms with van der Waals surface area (Å²) in [4.78, 5) is 35.1. The molecule has 0 saturated carbocycles. The molecule has 2 rings (SSSR count). The molecule has 0 aliphatic carbocycles. The van der Waals surface area contributed by atoms with Crippen LogP contribution in [0, 0.1) is 5.92 Å². The molecular weight excluding hydrogens is 304 g/mol. The van der Waals surface area contributed by atoms with E-state index < -0.39 is 18.0 Å². The van der Waals surface area contributed by atoms with Gasteiger partial charge in [-0.2, -0.15) is 0 Å². The number of carboxylic acids is 2. The van der Waals surface area contributed by atoms with Gasteiger partial charge in [0, 0.05) is 5.75 Å². The molecule has 0 spiro atoms. The van der Waals surface area contributed by atoms with Gasteiger partial charge in [0.1, 0.15) is 6.04 Å². The van der Waals surface area contributed by atoms with E-state index in [1.165, 1.54) is 16.7 Å². The summed E-state index contributed by atoms with van der Waals surface area (Å²) in [5, 5.41) is 17.8. The minimum Gasteiger partial charge on any atom is -0.480 e. The van der Waals surface area contributed by atoms with Gasteiger partial charge in [0.2, 0.25) is 5.91 Å². The largest absolute Gasteiger partial charge is 0.480 e. The number of hydrogen-bond acceptors (Lipinski definition) is 6. The van der Waals surface area contributed by atoms with Gasteiger partial charge in [-0.15, -0.1) is 11.8 Å². The van der Waals surface area contributed by atoms with E-state index in [1.54, 1.807) is 0 Å². The van der Waals surface area contributed by atoms with E-state index >= 15 is 0 Å². The third-order valence-electron chi connectivity index (χ3n) is 3.17. The molecule has 7 nitrogen and oxygen atoms in total. The molecule has 20 heavy (non-hydrogen) atoms. The van der Waals surface area contributed by atoms with E-state index in [4.69, 9.17) is 10.8 Å². The first-order valence-corrected chi connectivity index (χ1v) is 7.83. The van der Waals surface area contributed by atoms with Gasteiger partial charge in [0.05, 0.1) is 15.5 Å². The van der Waals surface area contributed by atoms with Gasteiger partial charge in [-0.1, -0.05) is 18.7 Å². The van der Waals surface area contributed by atoms with Crippen molar-refractivity contribution in [2.24, 2.45) is 11.7 Å². The number of nitrogens with two attached hydrogens (primary N) is 1. The highest BCUT2D eigenvalue weighted by molar-refractivity contribution is 8.22. The maximum absolute atomic E-state index is 11.9. The summed E-state index contributed by atoms with van der Waals surface area (Å²) < 4.78 is 0.462. The molecule has 9 heteroatoms. The molecule has 0 aromatic carbocycles. The van der Waals surface area contributed by atoms with E-state index in [0.29, 0.717) is 10.7 Å². The van der Waals surface area contributed by atoms with Gasteiger partial charge in [-0.05, 0) is 6.42 Å². The molecule has 1 saturated heterocycles. The van der Waals surface area contributed by atoms with Crippen LogP contribution in [0.5, 0.6) is 0 Å². The molecular formula is C11H14N2O5S2. The average Bonchev–Trinajstić information content (AvgIpc) is 2.71. The van der Waals surface area contributed by atoms with Crippen molar-refractivity contribution >= 4 is 41.4 Å². The van der Waals surface area contributed by atoms with Crippen LogP contribution >= 0.6 is 23.5 Å². The Morgan fingerprint density at radius 1 is 1.50 bits per heavy atom. The number of amides is 1. The molecule has 2 aliphatic heterocycles. The molecule has 0 aromatic rings. The van der Waals surface area contributed by atoms with Gasteiger partial charge < -0.3 is 15.9 Å². The minimum atomic E-state index is -1.17. The first-order valence-electron chi connectivity index (χ1n) is 5.97. The van der Waals surface area contributed by atoms with Crippen LogP contribution in [0.1, 0.15) is 13.3 Å². The summed E-state index contributed by atoms with van der Waals surface area (Å²) in [6.07, 6.45) is 0.659. The third kappa shape index (κ3) is 2.40. The van der Waals surface area contributed by atoms with Crippen LogP contribution < -0.4 is 5.73 Å². The zero-order valence-electron chi connectivity index (χ0n) is 10.6. The van der Waals surface area contributed by atoms with Crippen LogP contribution in [0.2, 0.25) is 0 Å². The molecule has 110 valence electrons. The maximum Gasteiger partial charge on any atom is 0.354 e. The average molecular weight is 318 g/mol. The molecule has 0 unspecified atom stereocenters. The second-order valence-corrected chi connectivity index (χ2v) is 6.84. The highest BCUT2D eigenvalue weighted by atomic mass is 32.2. The Labute approximate surface area is 123 Å². The molecule has 2 aliphatic rings. The summed E-state index contributed by atoms with van der Waals surface area (Å²) in [6.45, 7) is 1.88. The van der Waals surface area contributed by atoms with Crippen molar-refractivity contribution in [1.82, 2.24) is 4.90 Å². The quantitative estimate of drug-likeness (QED) is 0.599. The number of rotatable bonds is 6. The van der Waals surface area contributed by atoms with Crippen LogP contribution in [0.3, 0.4) is 0 Å². The molecule has 1 amide bonds. The SMILES string of the molecule is CC[C@H]1C(=O)N2C(C(=O)O)=C(SC[C@@H](N)C(=O)O)S[C@H]12. The Morgan fingerprint density at radius 2 is 2.15 bits per heavy atom. The molecule has 2 heterocycles. The molecule has 3 atom stereocenters. The number of β-lactam (4-membered cyclic amide) rings is 1. The number of carbonyl (C=O) groups is 3. The van der Waals surface area contributed by atoms with Crippen molar-refractivity contribution in [2.45, 2.75) is 24.8 Å². The Morgan fingerprint density at radius 3 is 2.65 bits per heavy atom. The minimum absolute atomic E-state index is 0.0442. The van der Waals surface area contributed by atoms with E-state index in [2.05, 4.69) is 0 Å². The van der Waals surface area contributed by atoms with Gasteiger partial charge in [-0.3, -0.25) is 14.5 Å². The number of thioether (sulfide) groups is 2. The number of carboxylic acid groups (broad SMARTS) is 2. The lowest BCUT2D eigenvalue weighted by Gasteiger charge is -2.41. The molecule has 0 bridgehead atoms. The Bertz CT molecular complexity index is 507. The number of hydrogen-bond donors (Lipinski definition) is 3. The van der Waals surface area contributed by atoms with Crippen molar-refractivity contribution < 1.29 is 24.6 Å². The molecule has 1 fully saturated rings. The summed E-state index contributed by atoms with van der Waals surface area (Å²) in [7, 11) is 0. The number of fused-ring (bicyclic) bond motifs is 1. The van der Waals surface area contributed by atoms with E-state index in [-0.39, 0.29) is 28.6 Å². The number of carbonyl (C=O) groups excluding carboxylic acids is 1. The number of nitrogens with zero attached hydrogens (tertiary/aromatic N) is 1. The summed E-state index contributed by atoms with van der Waals surface area (Å²) in [5.74, 6) is -2.58. The number of aliphatic carboxylic acids is 2. The lowest BCUT2D eigenvalue weighted by Crippen LogP contribution is -2.56. The fourth-order valence-corrected chi connectivity index (χ4v) is 4.94. The van der Waals surface area contributed by atoms with Crippen molar-refractivity contribution in [1.29, 1.82) is 0 Å². The van der Waals surface area contributed by atoms with Gasteiger partial charge in [0.25, 0.3) is 0 Å². The Kier molecular flexibility index (Phi) is 4.31. The monoisotopic (exact) mass is 318 g/mol. The van der Waals surface area contributed by atoms with Crippen molar-refractivity contribution in [2.75, 3.05) is 5.75 Å². The summed E-state index contributed by atoms with van der Waals surface area (Å²) in [6, 6.07) is -1.06. The zero-order chi connectivity index (χ0) is 15.0. The van der Waals surface area contributed by atoms with E-state index in [0.717, 1.165) is 11.8 Å². The lowest BCUT2D eigenvalue weighted by atomic mass is 9.95. The lowest BCUT2D eigenvalue weighted by molar-refractivity contribution is -0.151. The highest BCUT2D eigenvalue weighted by Gasteiger charge is 2.55. The van der Waals surface area contributed by atoms with E-state index in [1.807, 2.05) is 6.92 Å². The van der Waals surface area contributed by atoms with Gasteiger partial charge in [0.15, 0.2) is 5.70 Å². The smallest absolute Gasteiger partial charge is 0.354 e. The van der Waals surface area contributed by atoms with Gasteiger partial charge >= 0.3 is 11.9 Å². The third-order valence-corrected chi connectivity index (χ3v) is 5.98. The Balaban J connectivity index is 2.13. The Hall–Kier alpha value is -1.19. The van der Waals surface area contributed by atoms with Crippen molar-refractivity contribution in [3.8, 4) is 0 Å². The van der Waals surface area contributed by atoms with Crippen molar-refractivity contribution in [3.05, 3.63) is 9.93 Å². The molecule has 4 N–H and O–H groups in total. The first-order chi connectivity index (χ1) is 9.38. The standard InChI is InChI=1S/C11H14N2O5S2/c1-2-4-7(14)13-6(10(17)18)11(20-8(4)13)19-3-5(12)9(15)16/h4-5,8H,2-3,12H2,1H3,(H,15,16)(H,17,18)/t4-,5+,8+/m0/s1. The molecule has 0 radical (unpaired) electrons. The van der Waals surface area contributed by atoms with Crippen LogP contribution in [0.4, 0.5) is 0 Å². The van der Waals surface area contributed by atoms with E-state index in [9.17, 15) is 19.5 Å².